The second-order valence-electron chi connectivity index (χ2n) is 4.84. The van der Waals surface area contributed by atoms with E-state index >= 15 is 0 Å². The van der Waals surface area contributed by atoms with Crippen molar-refractivity contribution in [3.63, 3.8) is 0 Å². The van der Waals surface area contributed by atoms with Crippen LogP contribution in [0.2, 0.25) is 0 Å². The Kier molecular flexibility index (Phi) is 1.88. The zero-order valence-corrected chi connectivity index (χ0v) is 8.66. The summed E-state index contributed by atoms with van der Waals surface area (Å²) >= 11 is 0. The number of fused-ring (bicyclic) bond motifs is 1. The molecular formula is C13H17N. The van der Waals surface area contributed by atoms with Crippen LogP contribution in [0.4, 0.5) is 0 Å². The van der Waals surface area contributed by atoms with Crippen LogP contribution in [-0.4, -0.2) is 13.1 Å². The van der Waals surface area contributed by atoms with Crippen molar-refractivity contribution in [2.75, 3.05) is 13.1 Å². The SMILES string of the molecule is Cc1ccc([C@@H]2C[C@H]3CNC[C@@H]32)cc1. The maximum Gasteiger partial charge on any atom is -0.00114 e. The van der Waals surface area contributed by atoms with Gasteiger partial charge in [-0.1, -0.05) is 29.8 Å². The fourth-order valence-electron chi connectivity index (χ4n) is 2.98. The molecule has 1 heterocycles. The Balaban J connectivity index is 1.80. The number of benzene rings is 1. The van der Waals surface area contributed by atoms with E-state index in [1.54, 1.807) is 5.56 Å². The van der Waals surface area contributed by atoms with E-state index in [4.69, 9.17) is 0 Å². The average Bonchev–Trinajstić information content (AvgIpc) is 2.52. The van der Waals surface area contributed by atoms with Gasteiger partial charge in [0.25, 0.3) is 0 Å². The Labute approximate surface area is 85.5 Å². The summed E-state index contributed by atoms with van der Waals surface area (Å²) in [5.74, 6) is 2.75. The molecule has 1 aromatic carbocycles. The van der Waals surface area contributed by atoms with Crippen molar-refractivity contribution in [2.24, 2.45) is 11.8 Å². The lowest BCUT2D eigenvalue weighted by Crippen LogP contribution is -2.33. The normalized spacial score (nSPS) is 35.1. The topological polar surface area (TPSA) is 12.0 Å². The van der Waals surface area contributed by atoms with E-state index in [2.05, 4.69) is 36.5 Å². The van der Waals surface area contributed by atoms with Gasteiger partial charge in [0, 0.05) is 0 Å². The molecule has 2 aliphatic rings. The summed E-state index contributed by atoms with van der Waals surface area (Å²) in [5, 5.41) is 3.50. The molecule has 0 spiro atoms. The van der Waals surface area contributed by atoms with E-state index in [1.165, 1.54) is 25.1 Å². The molecule has 74 valence electrons. The van der Waals surface area contributed by atoms with Gasteiger partial charge in [-0.15, -0.1) is 0 Å². The summed E-state index contributed by atoms with van der Waals surface area (Å²) in [7, 11) is 0. The molecule has 1 N–H and O–H groups in total. The Hall–Kier alpha value is -0.820. The highest BCUT2D eigenvalue weighted by molar-refractivity contribution is 5.28. The van der Waals surface area contributed by atoms with Crippen LogP contribution in [0, 0.1) is 18.8 Å². The van der Waals surface area contributed by atoms with Gasteiger partial charge in [-0.3, -0.25) is 0 Å². The third-order valence-corrected chi connectivity index (χ3v) is 3.97. The molecule has 1 saturated carbocycles. The fourth-order valence-corrected chi connectivity index (χ4v) is 2.98. The molecule has 1 aliphatic heterocycles. The number of aryl methyl sites for hydroxylation is 1. The Morgan fingerprint density at radius 1 is 1.14 bits per heavy atom. The summed E-state index contributed by atoms with van der Waals surface area (Å²) in [5.41, 5.74) is 2.93. The third-order valence-electron chi connectivity index (χ3n) is 3.97. The summed E-state index contributed by atoms with van der Waals surface area (Å²) in [6.45, 7) is 4.65. The summed E-state index contributed by atoms with van der Waals surface area (Å²) < 4.78 is 0. The summed E-state index contributed by atoms with van der Waals surface area (Å²) in [4.78, 5) is 0. The van der Waals surface area contributed by atoms with E-state index in [0.29, 0.717) is 0 Å². The number of rotatable bonds is 1. The molecule has 14 heavy (non-hydrogen) atoms. The van der Waals surface area contributed by atoms with Crippen LogP contribution >= 0.6 is 0 Å². The van der Waals surface area contributed by atoms with E-state index in [-0.39, 0.29) is 0 Å². The van der Waals surface area contributed by atoms with E-state index in [1.807, 2.05) is 0 Å². The van der Waals surface area contributed by atoms with Gasteiger partial charge in [0.2, 0.25) is 0 Å². The summed E-state index contributed by atoms with van der Waals surface area (Å²) in [6, 6.07) is 9.11. The van der Waals surface area contributed by atoms with Gasteiger partial charge in [0.05, 0.1) is 0 Å². The first-order chi connectivity index (χ1) is 6.84. The standard InChI is InChI=1S/C13H17N/c1-9-2-4-10(5-3-9)12-6-11-7-14-8-13(11)12/h2-5,11-14H,6-8H2,1H3/t11-,12-,13-/m0/s1. The number of nitrogens with one attached hydrogen (secondary N) is 1. The monoisotopic (exact) mass is 187 g/mol. The van der Waals surface area contributed by atoms with Gasteiger partial charge < -0.3 is 5.32 Å². The minimum atomic E-state index is 0.843. The average molecular weight is 187 g/mol. The third kappa shape index (κ3) is 1.19. The molecule has 1 aromatic rings. The largest absolute Gasteiger partial charge is 0.316 e. The highest BCUT2D eigenvalue weighted by atomic mass is 14.9. The van der Waals surface area contributed by atoms with Crippen LogP contribution in [0.3, 0.4) is 0 Å². The first kappa shape index (κ1) is 8.49. The van der Waals surface area contributed by atoms with E-state index < -0.39 is 0 Å². The molecule has 0 radical (unpaired) electrons. The smallest absolute Gasteiger partial charge is 0.00114 e. The molecule has 1 saturated heterocycles. The van der Waals surface area contributed by atoms with Crippen molar-refractivity contribution < 1.29 is 0 Å². The van der Waals surface area contributed by atoms with Crippen molar-refractivity contribution >= 4 is 0 Å². The van der Waals surface area contributed by atoms with Crippen LogP contribution in [0.25, 0.3) is 0 Å². The van der Waals surface area contributed by atoms with Crippen molar-refractivity contribution in [1.82, 2.24) is 5.32 Å². The quantitative estimate of drug-likeness (QED) is 0.711. The Morgan fingerprint density at radius 2 is 1.93 bits per heavy atom. The second-order valence-corrected chi connectivity index (χ2v) is 4.84. The molecule has 0 bridgehead atoms. The molecule has 1 nitrogen and oxygen atoms in total. The van der Waals surface area contributed by atoms with E-state index in [0.717, 1.165) is 17.8 Å². The van der Waals surface area contributed by atoms with Crippen LogP contribution in [0.1, 0.15) is 23.5 Å². The van der Waals surface area contributed by atoms with Crippen molar-refractivity contribution in [1.29, 1.82) is 0 Å². The first-order valence-corrected chi connectivity index (χ1v) is 5.62. The highest BCUT2D eigenvalue weighted by Crippen LogP contribution is 2.48. The predicted octanol–water partition coefficient (Wildman–Crippen LogP) is 2.32. The van der Waals surface area contributed by atoms with E-state index in [9.17, 15) is 0 Å². The fraction of sp³-hybridized carbons (Fsp3) is 0.538. The molecule has 2 fully saturated rings. The summed E-state index contributed by atoms with van der Waals surface area (Å²) in [6.07, 6.45) is 1.40. The minimum Gasteiger partial charge on any atom is -0.316 e. The Morgan fingerprint density at radius 3 is 2.64 bits per heavy atom. The van der Waals surface area contributed by atoms with Gasteiger partial charge in [-0.05, 0) is 49.8 Å². The molecule has 0 unspecified atom stereocenters. The number of hydrogen-bond donors (Lipinski definition) is 1. The minimum absolute atomic E-state index is 0.843. The zero-order chi connectivity index (χ0) is 9.54. The lowest BCUT2D eigenvalue weighted by atomic mass is 9.64. The van der Waals surface area contributed by atoms with Crippen LogP contribution in [0.15, 0.2) is 24.3 Å². The maximum atomic E-state index is 3.50. The van der Waals surface area contributed by atoms with Gasteiger partial charge >= 0.3 is 0 Å². The molecule has 1 heteroatoms. The van der Waals surface area contributed by atoms with Crippen LogP contribution in [-0.2, 0) is 0 Å². The van der Waals surface area contributed by atoms with Crippen molar-refractivity contribution in [2.45, 2.75) is 19.3 Å². The highest BCUT2D eigenvalue weighted by Gasteiger charge is 2.44. The maximum absolute atomic E-state index is 3.50. The lowest BCUT2D eigenvalue weighted by Gasteiger charge is -2.40. The van der Waals surface area contributed by atoms with Gasteiger partial charge in [0.1, 0.15) is 0 Å². The molecule has 0 aromatic heterocycles. The lowest BCUT2D eigenvalue weighted by molar-refractivity contribution is 0.191. The van der Waals surface area contributed by atoms with Gasteiger partial charge in [-0.25, -0.2) is 0 Å². The van der Waals surface area contributed by atoms with Crippen LogP contribution < -0.4 is 5.32 Å². The second kappa shape index (κ2) is 3.09. The molecule has 3 atom stereocenters. The number of hydrogen-bond acceptors (Lipinski definition) is 1. The molecule has 0 amide bonds. The van der Waals surface area contributed by atoms with Gasteiger partial charge in [-0.2, -0.15) is 0 Å². The zero-order valence-electron chi connectivity index (χ0n) is 8.66. The predicted molar refractivity (Wildman–Crippen MR) is 58.4 cm³/mol. The van der Waals surface area contributed by atoms with Crippen LogP contribution in [0.5, 0.6) is 0 Å². The Bertz CT molecular complexity index is 328. The van der Waals surface area contributed by atoms with Gasteiger partial charge in [0.15, 0.2) is 0 Å². The van der Waals surface area contributed by atoms with Crippen molar-refractivity contribution in [3.8, 4) is 0 Å². The molecule has 1 aliphatic carbocycles. The molecular weight excluding hydrogens is 170 g/mol. The first-order valence-electron chi connectivity index (χ1n) is 5.62. The van der Waals surface area contributed by atoms with Crippen molar-refractivity contribution in [3.05, 3.63) is 35.4 Å². The molecule has 3 rings (SSSR count).